The van der Waals surface area contributed by atoms with Crippen molar-refractivity contribution in [2.45, 2.75) is 77.0 Å². The van der Waals surface area contributed by atoms with Crippen molar-refractivity contribution in [1.82, 2.24) is 25.6 Å². The van der Waals surface area contributed by atoms with Gasteiger partial charge in [0, 0.05) is 23.8 Å². The molecule has 3 N–H and O–H groups in total. The minimum atomic E-state index is -0.544. The second kappa shape index (κ2) is 10.6. The molecule has 2 aromatic heterocycles. The van der Waals surface area contributed by atoms with Crippen molar-refractivity contribution in [3.05, 3.63) is 42.1 Å². The molecule has 2 amide bonds. The van der Waals surface area contributed by atoms with Crippen LogP contribution in [0.25, 0.3) is 22.3 Å². The topological polar surface area (TPSA) is 118 Å². The van der Waals surface area contributed by atoms with Gasteiger partial charge in [0.1, 0.15) is 34.7 Å². The lowest BCUT2D eigenvalue weighted by molar-refractivity contribution is 0.0488. The first kappa shape index (κ1) is 25.9. The van der Waals surface area contributed by atoms with E-state index in [0.717, 1.165) is 38.5 Å². The molecular weight excluding hydrogens is 489 g/mol. The molecule has 2 saturated carbocycles. The summed E-state index contributed by atoms with van der Waals surface area (Å²) in [5.41, 5.74) is 1.86. The molecular formula is C28H34FN5O4. The van der Waals surface area contributed by atoms with Gasteiger partial charge in [0.2, 0.25) is 0 Å². The fourth-order valence-electron chi connectivity index (χ4n) is 4.74. The summed E-state index contributed by atoms with van der Waals surface area (Å²) in [5, 5.41) is 6.01. The lowest BCUT2D eigenvalue weighted by Gasteiger charge is -2.30. The molecule has 9 nitrogen and oxygen atoms in total. The molecule has 3 aromatic rings. The Bertz CT molecular complexity index is 1320. The molecule has 38 heavy (non-hydrogen) atoms. The van der Waals surface area contributed by atoms with E-state index in [9.17, 15) is 14.0 Å². The van der Waals surface area contributed by atoms with Crippen LogP contribution in [0.4, 0.5) is 9.18 Å². The van der Waals surface area contributed by atoms with Crippen LogP contribution in [-0.2, 0) is 4.74 Å². The molecule has 0 saturated heterocycles. The Kier molecular flexibility index (Phi) is 7.23. The Morgan fingerprint density at radius 3 is 2.45 bits per heavy atom. The van der Waals surface area contributed by atoms with E-state index in [1.165, 1.54) is 18.5 Å². The van der Waals surface area contributed by atoms with Crippen molar-refractivity contribution >= 4 is 23.0 Å². The van der Waals surface area contributed by atoms with E-state index in [0.29, 0.717) is 46.1 Å². The van der Waals surface area contributed by atoms with Crippen LogP contribution in [0.5, 0.6) is 5.75 Å². The average Bonchev–Trinajstić information content (AvgIpc) is 3.58. The number of rotatable bonds is 7. The number of H-pyrrole nitrogens is 1. The number of fused-ring (bicyclic) bond motifs is 1. The molecule has 0 bridgehead atoms. The first-order chi connectivity index (χ1) is 18.2. The summed E-state index contributed by atoms with van der Waals surface area (Å²) >= 11 is 0. The summed E-state index contributed by atoms with van der Waals surface area (Å²) < 4.78 is 25.5. The van der Waals surface area contributed by atoms with Gasteiger partial charge in [-0.3, -0.25) is 4.79 Å². The van der Waals surface area contributed by atoms with E-state index in [2.05, 4.69) is 25.6 Å². The molecule has 1 aromatic carbocycles. The normalized spacial score (nSPS) is 19.7. The predicted octanol–water partition coefficient (Wildman–Crippen LogP) is 5.12. The van der Waals surface area contributed by atoms with Crippen LogP contribution in [0.3, 0.4) is 0 Å². The highest BCUT2D eigenvalue weighted by Crippen LogP contribution is 2.36. The van der Waals surface area contributed by atoms with Crippen LogP contribution in [0.15, 0.2) is 30.7 Å². The van der Waals surface area contributed by atoms with E-state index in [1.807, 2.05) is 20.8 Å². The summed E-state index contributed by atoms with van der Waals surface area (Å²) in [5.74, 6) is 0.457. The number of hydrogen-bond donors (Lipinski definition) is 3. The van der Waals surface area contributed by atoms with Crippen LogP contribution >= 0.6 is 0 Å². The lowest BCUT2D eigenvalue weighted by Crippen LogP contribution is -2.45. The third-order valence-electron chi connectivity index (χ3n) is 6.86. The monoisotopic (exact) mass is 523 g/mol. The van der Waals surface area contributed by atoms with Gasteiger partial charge in [0.05, 0.1) is 17.7 Å². The van der Waals surface area contributed by atoms with E-state index in [-0.39, 0.29) is 18.0 Å². The van der Waals surface area contributed by atoms with Gasteiger partial charge in [-0.1, -0.05) is 0 Å². The van der Waals surface area contributed by atoms with E-state index >= 15 is 0 Å². The number of amides is 2. The Morgan fingerprint density at radius 1 is 1.05 bits per heavy atom. The number of hydrogen-bond acceptors (Lipinski definition) is 6. The lowest BCUT2D eigenvalue weighted by atomic mass is 9.91. The van der Waals surface area contributed by atoms with Gasteiger partial charge >= 0.3 is 6.09 Å². The van der Waals surface area contributed by atoms with E-state index in [1.54, 1.807) is 12.3 Å². The maximum atomic E-state index is 14.2. The summed E-state index contributed by atoms with van der Waals surface area (Å²) in [7, 11) is 0. The number of carbonyl (C=O) groups excluding carboxylic acids is 2. The van der Waals surface area contributed by atoms with E-state index < -0.39 is 17.5 Å². The highest BCUT2D eigenvalue weighted by Gasteiger charge is 2.27. The van der Waals surface area contributed by atoms with Crippen molar-refractivity contribution in [3.63, 3.8) is 0 Å². The van der Waals surface area contributed by atoms with Gasteiger partial charge in [0.25, 0.3) is 5.91 Å². The minimum absolute atomic E-state index is 0.0175. The number of halogens is 1. The second-order valence-corrected chi connectivity index (χ2v) is 11.2. The van der Waals surface area contributed by atoms with Crippen molar-refractivity contribution in [1.29, 1.82) is 0 Å². The first-order valence-electron chi connectivity index (χ1n) is 13.2. The van der Waals surface area contributed by atoms with Crippen molar-refractivity contribution < 1.29 is 23.5 Å². The third kappa shape index (κ3) is 6.23. The largest absolute Gasteiger partial charge is 0.493 e. The maximum Gasteiger partial charge on any atom is 0.407 e. The first-order valence-corrected chi connectivity index (χ1v) is 13.2. The number of aromatic nitrogens is 3. The minimum Gasteiger partial charge on any atom is -0.493 e. The molecule has 2 fully saturated rings. The highest BCUT2D eigenvalue weighted by atomic mass is 19.1. The molecule has 0 radical (unpaired) electrons. The standard InChI is InChI=1S/C28H34FN5O4/c1-28(2,3)38-27(36)34-19-9-7-18(8-10-19)33-26(35)21-13-30-25-23(31-15-32-24(21)25)20-12-17(29)6-11-22(20)37-14-16-4-5-16/h6,11-13,15-16,18-19,30H,4-5,7-10,14H2,1-3H3,(H,33,35)(H,34,36)/t18-,19-. The Labute approximate surface area is 220 Å². The fraction of sp³-hybridized carbons (Fsp3) is 0.500. The number of ether oxygens (including phenoxy) is 2. The SMILES string of the molecule is CC(C)(C)OC(=O)N[C@H]1CC[C@H](NC(=O)c2c[nH]c3c(-c4cc(F)ccc4OCC4CC4)ncnc23)CC1. The molecule has 10 heteroatoms. The molecule has 2 heterocycles. The summed E-state index contributed by atoms with van der Waals surface area (Å²) in [6, 6.07) is 4.38. The zero-order chi connectivity index (χ0) is 26.9. The number of nitrogens with zero attached hydrogens (tertiary/aromatic N) is 2. The van der Waals surface area contributed by atoms with Gasteiger partial charge in [0.15, 0.2) is 0 Å². The van der Waals surface area contributed by atoms with Crippen molar-refractivity contribution in [2.24, 2.45) is 5.92 Å². The predicted molar refractivity (Wildman–Crippen MR) is 140 cm³/mol. The van der Waals surface area contributed by atoms with Gasteiger partial charge < -0.3 is 25.1 Å². The zero-order valence-corrected chi connectivity index (χ0v) is 22.0. The molecule has 5 rings (SSSR count). The zero-order valence-electron chi connectivity index (χ0n) is 22.0. The van der Waals surface area contributed by atoms with Gasteiger partial charge in [-0.2, -0.15) is 0 Å². The van der Waals surface area contributed by atoms with Crippen LogP contribution in [0.2, 0.25) is 0 Å². The fourth-order valence-corrected chi connectivity index (χ4v) is 4.74. The molecule has 2 aliphatic carbocycles. The number of benzene rings is 1. The Balaban J connectivity index is 1.26. The summed E-state index contributed by atoms with van der Waals surface area (Å²) in [6.45, 7) is 6.08. The van der Waals surface area contributed by atoms with Crippen LogP contribution in [-0.4, -0.2) is 51.2 Å². The highest BCUT2D eigenvalue weighted by molar-refractivity contribution is 6.07. The molecule has 202 valence electrons. The van der Waals surface area contributed by atoms with Crippen LogP contribution < -0.4 is 15.4 Å². The molecule has 0 unspecified atom stereocenters. The number of aromatic amines is 1. The maximum absolute atomic E-state index is 14.2. The Morgan fingerprint density at radius 2 is 1.76 bits per heavy atom. The summed E-state index contributed by atoms with van der Waals surface area (Å²) in [4.78, 5) is 37.1. The van der Waals surface area contributed by atoms with Gasteiger partial charge in [-0.05, 0) is 83.4 Å². The van der Waals surface area contributed by atoms with Crippen molar-refractivity contribution in [2.75, 3.05) is 6.61 Å². The van der Waals surface area contributed by atoms with Crippen LogP contribution in [0.1, 0.15) is 69.7 Å². The molecule has 0 atom stereocenters. The smallest absolute Gasteiger partial charge is 0.407 e. The number of nitrogens with one attached hydrogen (secondary N) is 3. The summed E-state index contributed by atoms with van der Waals surface area (Å²) in [6.07, 6.45) is 7.82. The van der Waals surface area contributed by atoms with Crippen molar-refractivity contribution in [3.8, 4) is 17.0 Å². The second-order valence-electron chi connectivity index (χ2n) is 11.2. The van der Waals surface area contributed by atoms with Crippen LogP contribution in [0, 0.1) is 11.7 Å². The molecule has 0 aliphatic heterocycles. The van der Waals surface area contributed by atoms with Gasteiger partial charge in [-0.25, -0.2) is 19.2 Å². The van der Waals surface area contributed by atoms with E-state index in [4.69, 9.17) is 9.47 Å². The average molecular weight is 524 g/mol. The Hall–Kier alpha value is -3.69. The number of alkyl carbamates (subject to hydrolysis) is 1. The quantitative estimate of drug-likeness (QED) is 0.396. The molecule has 0 spiro atoms. The van der Waals surface area contributed by atoms with Gasteiger partial charge in [-0.15, -0.1) is 0 Å². The third-order valence-corrected chi connectivity index (χ3v) is 6.86. The molecule has 2 aliphatic rings. The number of carbonyl (C=O) groups is 2.